The second-order valence-corrected chi connectivity index (χ2v) is 16.1. The molecule has 1 aliphatic rings. The van der Waals surface area contributed by atoms with Crippen LogP contribution in [0.5, 0.6) is 0 Å². The van der Waals surface area contributed by atoms with Crippen LogP contribution in [0.15, 0.2) is 42.5 Å². The number of benzene rings is 2. The molecular weight excluding hydrogens is 1260 g/mol. The predicted molar refractivity (Wildman–Crippen MR) is 382 cm³/mol. The van der Waals surface area contributed by atoms with Crippen LogP contribution in [0.3, 0.4) is 0 Å². The van der Waals surface area contributed by atoms with Crippen LogP contribution in [0.25, 0.3) is 4.85 Å². The topological polar surface area (TPSA) is 80.8 Å². The number of carbonyl (C=O) groups is 2. The van der Waals surface area contributed by atoms with E-state index >= 15 is 0 Å². The summed E-state index contributed by atoms with van der Waals surface area (Å²) in [6.45, 7) is 11.9. The molecule has 440 valence electrons. The summed E-state index contributed by atoms with van der Waals surface area (Å²) < 4.78 is 40.2. The second-order valence-electron chi connectivity index (χ2n) is 15.7. The molecule has 2 aromatic rings. The Morgan fingerprint density at radius 1 is 0.420 bits per heavy atom. The molecule has 7 nitrogen and oxygen atoms in total. The van der Waals surface area contributed by atoms with Gasteiger partial charge in [-0.05, 0) is 117 Å². The van der Waals surface area contributed by atoms with Crippen molar-refractivity contribution in [1.82, 2.24) is 5.32 Å². The molecule has 0 spiro atoms. The first kappa shape index (κ1) is 77.6. The highest BCUT2D eigenvalue weighted by molar-refractivity contribution is 7.81. The summed E-state index contributed by atoms with van der Waals surface area (Å²) in [5.41, 5.74) is -2.05. The third-order valence-electron chi connectivity index (χ3n) is 9.13. The van der Waals surface area contributed by atoms with E-state index in [1.165, 1.54) is 18.0 Å². The Kier molecular flexibility index (Phi) is 39.9. The van der Waals surface area contributed by atoms with Gasteiger partial charge in [0.05, 0.1) is 12.1 Å². The number of halogens is 3. The molecule has 2 amide bonds. The lowest BCUT2D eigenvalue weighted by Gasteiger charge is -2.29. The first-order valence-electron chi connectivity index (χ1n) is 26.3. The monoisotopic (exact) mass is 1280 g/mol. The van der Waals surface area contributed by atoms with E-state index < -0.39 is 28.9 Å². The molecule has 100 heavy (non-hydrogen) atoms. The normalized spacial score (nSPS) is 7.61. The number of hydrogen-bond donors (Lipinski definition) is 1. The van der Waals surface area contributed by atoms with Gasteiger partial charge < -0.3 is 10.2 Å². The first-order chi connectivity index (χ1) is 48.8. The number of nitrogens with one attached hydrogen (secondary N) is 1. The zero-order valence-electron chi connectivity index (χ0n) is 51.7. The van der Waals surface area contributed by atoms with Crippen LogP contribution in [0, 0.1) is 409 Å². The fourth-order valence-electron chi connectivity index (χ4n) is 5.41. The van der Waals surface area contributed by atoms with Crippen LogP contribution < -0.4 is 15.1 Å². The van der Waals surface area contributed by atoms with Crippen molar-refractivity contribution >= 4 is 46.2 Å². The fraction of sp³-hybridized carbons (Fsp3) is 0.0674. The van der Waals surface area contributed by atoms with Gasteiger partial charge in [-0.1, -0.05) is 12.0 Å². The highest BCUT2D eigenvalue weighted by Gasteiger charge is 2.50. The Morgan fingerprint density at radius 2 is 0.650 bits per heavy atom. The second kappa shape index (κ2) is 51.4. The number of alkyl halides is 3. The van der Waals surface area contributed by atoms with Crippen molar-refractivity contribution in [2.75, 3.05) is 16.8 Å². The third-order valence-corrected chi connectivity index (χ3v) is 9.49. The van der Waals surface area contributed by atoms with E-state index in [0.29, 0.717) is 11.3 Å². The van der Waals surface area contributed by atoms with E-state index in [1.807, 2.05) is 0 Å². The molecule has 0 radical (unpaired) electrons. The van der Waals surface area contributed by atoms with Gasteiger partial charge in [-0.15, -0.1) is 0 Å². The standard InChI is InChI=1S/C68H3N.C21H17F3N4O2S/c1-2-3-4-5-6-7-8-9-10-11-12-13-14-15-16-17-18-19-20-21-22-23-24-25-26-27-28-29-30-31-32-33-34-35-36-37-38-39-40-41-42-43-44-45-46-47-48-49-50-51-52-53-54-55-56-57-58-59-60-61-62-63-64-65-66-67-68-69;1-20(2)18(30)27(14-9-10-16(25-3)15(11-14)21(22,23)24)19(31)28(20)13-7-5-12(6-8-13)17(29)26-4/h1H3;5-11H,1-2,4H3,(H,26,29). The van der Waals surface area contributed by atoms with Crippen molar-refractivity contribution in [1.29, 1.82) is 5.26 Å². The summed E-state index contributed by atoms with van der Waals surface area (Å²) in [6.07, 6.45) is -4.76. The van der Waals surface area contributed by atoms with Crippen LogP contribution in [0.4, 0.5) is 30.2 Å². The van der Waals surface area contributed by atoms with Gasteiger partial charge in [0.1, 0.15) is 5.54 Å². The number of rotatable bonds is 3. The summed E-state index contributed by atoms with van der Waals surface area (Å²) in [4.78, 5) is 30.4. The van der Waals surface area contributed by atoms with Crippen LogP contribution in [-0.2, 0) is 11.0 Å². The average molecular weight is 1280 g/mol. The number of carbonyl (C=O) groups excluding carboxylic acids is 2. The Hall–Kier alpha value is -18.5. The molecule has 0 aliphatic carbocycles. The van der Waals surface area contributed by atoms with Crippen molar-refractivity contribution in [2.24, 2.45) is 0 Å². The summed E-state index contributed by atoms with van der Waals surface area (Å²) in [6, 6.07) is 11.0. The smallest absolute Gasteiger partial charge is 0.355 e. The molecule has 11 heteroatoms. The Balaban J connectivity index is 0.000000900. The number of thiocarbonyl (C=S) groups is 1. The van der Waals surface area contributed by atoms with E-state index in [0.717, 1.165) is 17.0 Å². The van der Waals surface area contributed by atoms with Gasteiger partial charge in [0.25, 0.3) is 11.8 Å². The van der Waals surface area contributed by atoms with Gasteiger partial charge in [-0.2, -0.15) is 18.4 Å². The van der Waals surface area contributed by atoms with E-state index in [1.54, 1.807) is 51.1 Å². The minimum Gasteiger partial charge on any atom is -0.355 e. The average Bonchev–Trinajstić information content (AvgIpc) is 1.58. The quantitative estimate of drug-likeness (QED) is 0.261. The van der Waals surface area contributed by atoms with Crippen molar-refractivity contribution in [3.63, 3.8) is 0 Å². The predicted octanol–water partition coefficient (Wildman–Crippen LogP) is 5.17. The molecule has 3 rings (SSSR count). The van der Waals surface area contributed by atoms with E-state index in [2.05, 4.69) is 401 Å². The van der Waals surface area contributed by atoms with Crippen LogP contribution in [-0.4, -0.2) is 29.5 Å². The summed E-state index contributed by atoms with van der Waals surface area (Å²) in [7, 11) is 1.50. The van der Waals surface area contributed by atoms with Crippen LogP contribution in [0.1, 0.15) is 36.7 Å². The molecule has 0 bridgehead atoms. The van der Waals surface area contributed by atoms with Crippen molar-refractivity contribution < 1.29 is 22.8 Å². The number of nitriles is 1. The minimum absolute atomic E-state index is 0.00798. The van der Waals surface area contributed by atoms with E-state index in [-0.39, 0.29) is 16.7 Å². The molecule has 0 saturated carbocycles. The Morgan fingerprint density at radius 3 is 0.860 bits per heavy atom. The highest BCUT2D eigenvalue weighted by Crippen LogP contribution is 2.42. The minimum atomic E-state index is -4.76. The van der Waals surface area contributed by atoms with Gasteiger partial charge in [0, 0.05) is 361 Å². The number of hydrogen-bond acceptors (Lipinski definition) is 4. The van der Waals surface area contributed by atoms with E-state index in [9.17, 15) is 22.8 Å². The van der Waals surface area contributed by atoms with Crippen LogP contribution >= 0.6 is 12.2 Å². The largest absolute Gasteiger partial charge is 0.407 e. The third kappa shape index (κ3) is 36.1. The highest BCUT2D eigenvalue weighted by atomic mass is 32.1. The fourth-order valence-corrected chi connectivity index (χ4v) is 5.93. The molecule has 1 heterocycles. The Labute approximate surface area is 587 Å². The lowest BCUT2D eigenvalue weighted by molar-refractivity contribution is -0.136. The van der Waals surface area contributed by atoms with Gasteiger partial charge in [0.15, 0.2) is 16.9 Å². The Bertz CT molecular complexity index is 6270. The summed E-state index contributed by atoms with van der Waals surface area (Å²) in [5.74, 6) is 163. The zero-order chi connectivity index (χ0) is 72.5. The molecular formula is C89H20F3N5O2S. The molecule has 0 unspecified atom stereocenters. The number of nitrogens with zero attached hydrogens (tertiary/aromatic N) is 4. The molecule has 1 N–H and O–H groups in total. The van der Waals surface area contributed by atoms with Gasteiger partial charge >= 0.3 is 6.18 Å². The molecule has 0 atom stereocenters. The molecule has 0 aromatic heterocycles. The van der Waals surface area contributed by atoms with Crippen molar-refractivity contribution in [3.8, 4) is 397 Å². The van der Waals surface area contributed by atoms with Gasteiger partial charge in [-0.25, -0.2) is 4.85 Å². The zero-order valence-corrected chi connectivity index (χ0v) is 52.5. The molecule has 1 fully saturated rings. The lowest BCUT2D eigenvalue weighted by Crippen LogP contribution is -2.44. The van der Waals surface area contributed by atoms with E-state index in [4.69, 9.17) is 24.1 Å². The molecule has 1 saturated heterocycles. The SMILES string of the molecule is CC#CC#CC#CC#CC#CC#CC#CC#CC#CC#CC#CC#CC#CC#CC#CC#CC#CC#CC#CC#CC#CC#CC#CC#CC#CC#CC#CC#CC#CC#CC#CC#CC#CC#N.[C-]#[N+]c1ccc(N2C(=O)C(C)(C)N(c3ccc(C(=O)NC)cc3)C2=S)cc1C(F)(F)F. The lowest BCUT2D eigenvalue weighted by atomic mass is 10.0. The van der Waals surface area contributed by atoms with Crippen molar-refractivity contribution in [2.45, 2.75) is 32.5 Å². The maximum absolute atomic E-state index is 13.4. The van der Waals surface area contributed by atoms with Gasteiger partial charge in [-0.3, -0.25) is 14.5 Å². The van der Waals surface area contributed by atoms with Crippen molar-refractivity contribution in [3.05, 3.63) is 65.0 Å². The number of amides is 2. The van der Waals surface area contributed by atoms with Gasteiger partial charge in [0.2, 0.25) is 0 Å². The first-order valence-corrected chi connectivity index (χ1v) is 26.7. The summed E-state index contributed by atoms with van der Waals surface area (Å²) >= 11 is 5.47. The maximum Gasteiger partial charge on any atom is 0.407 e. The maximum atomic E-state index is 13.4. The summed E-state index contributed by atoms with van der Waals surface area (Å²) in [5, 5.41) is 10.7. The van der Waals surface area contributed by atoms with Crippen LogP contribution in [0.2, 0.25) is 0 Å². The molecule has 1 aliphatic heterocycles. The number of anilines is 2. The molecule has 2 aromatic carbocycles.